The zero-order valence-electron chi connectivity index (χ0n) is 13.4. The standard InChI is InChI=1S/C14H20N6O2S/c1-10-16-13(8-14(17-10)12-4-6-15-18-12)11-5-7-20(9-11)23(21,22)19(2)3/h4,6,8,11H,5,7,9H2,1-3H3,(H,15,18). The second-order valence-corrected chi connectivity index (χ2v) is 7.97. The maximum Gasteiger partial charge on any atom is 0.281 e. The molecule has 0 bridgehead atoms. The Morgan fingerprint density at radius 3 is 2.78 bits per heavy atom. The molecule has 1 unspecified atom stereocenters. The lowest BCUT2D eigenvalue weighted by molar-refractivity contribution is 0.418. The van der Waals surface area contributed by atoms with Crippen molar-refractivity contribution < 1.29 is 8.42 Å². The monoisotopic (exact) mass is 336 g/mol. The number of rotatable bonds is 4. The Morgan fingerprint density at radius 2 is 2.13 bits per heavy atom. The molecule has 9 heteroatoms. The van der Waals surface area contributed by atoms with Crippen LogP contribution in [0.25, 0.3) is 11.4 Å². The highest BCUT2D eigenvalue weighted by molar-refractivity contribution is 7.86. The molecule has 1 saturated heterocycles. The molecular weight excluding hydrogens is 316 g/mol. The van der Waals surface area contributed by atoms with E-state index in [0.717, 1.165) is 23.5 Å². The highest BCUT2D eigenvalue weighted by atomic mass is 32.2. The molecule has 1 aliphatic rings. The average molecular weight is 336 g/mol. The van der Waals surface area contributed by atoms with Gasteiger partial charge in [-0.05, 0) is 25.5 Å². The summed E-state index contributed by atoms with van der Waals surface area (Å²) in [6.45, 7) is 2.79. The van der Waals surface area contributed by atoms with Gasteiger partial charge in [-0.15, -0.1) is 0 Å². The molecule has 3 heterocycles. The van der Waals surface area contributed by atoms with Gasteiger partial charge in [-0.25, -0.2) is 9.97 Å². The number of hydrogen-bond donors (Lipinski definition) is 1. The molecule has 0 aliphatic carbocycles. The van der Waals surface area contributed by atoms with Crippen molar-refractivity contribution in [3.8, 4) is 11.4 Å². The fourth-order valence-corrected chi connectivity index (χ4v) is 3.91. The summed E-state index contributed by atoms with van der Waals surface area (Å²) in [7, 11) is -0.275. The first kappa shape index (κ1) is 16.0. The van der Waals surface area contributed by atoms with E-state index in [2.05, 4.69) is 20.2 Å². The molecule has 2 aromatic heterocycles. The first-order valence-corrected chi connectivity index (χ1v) is 8.80. The van der Waals surface area contributed by atoms with Gasteiger partial charge >= 0.3 is 0 Å². The third kappa shape index (κ3) is 3.12. The van der Waals surface area contributed by atoms with Gasteiger partial charge in [0.2, 0.25) is 0 Å². The third-order valence-electron chi connectivity index (χ3n) is 3.99. The number of nitrogens with zero attached hydrogens (tertiary/aromatic N) is 5. The van der Waals surface area contributed by atoms with Crippen molar-refractivity contribution in [2.24, 2.45) is 0 Å². The van der Waals surface area contributed by atoms with E-state index in [-0.39, 0.29) is 5.92 Å². The minimum Gasteiger partial charge on any atom is -0.276 e. The number of aryl methyl sites for hydroxylation is 1. The van der Waals surface area contributed by atoms with Gasteiger partial charge in [0.05, 0.1) is 11.4 Å². The van der Waals surface area contributed by atoms with Crippen molar-refractivity contribution in [1.82, 2.24) is 28.8 Å². The Labute approximate surface area is 135 Å². The molecule has 2 aromatic rings. The van der Waals surface area contributed by atoms with Gasteiger partial charge in [0, 0.05) is 45.0 Å². The molecule has 1 N–H and O–H groups in total. The average Bonchev–Trinajstić information content (AvgIpc) is 3.18. The van der Waals surface area contributed by atoms with Crippen LogP contribution in [-0.2, 0) is 10.2 Å². The quantitative estimate of drug-likeness (QED) is 0.890. The minimum atomic E-state index is -3.37. The maximum absolute atomic E-state index is 12.2. The Bertz CT molecular complexity index is 788. The van der Waals surface area contributed by atoms with Crippen molar-refractivity contribution in [3.63, 3.8) is 0 Å². The lowest BCUT2D eigenvalue weighted by Crippen LogP contribution is -2.38. The molecule has 0 aromatic carbocycles. The van der Waals surface area contributed by atoms with Gasteiger partial charge in [-0.3, -0.25) is 5.10 Å². The Kier molecular flexibility index (Phi) is 4.17. The predicted molar refractivity (Wildman–Crippen MR) is 85.9 cm³/mol. The number of H-pyrrole nitrogens is 1. The summed E-state index contributed by atoms with van der Waals surface area (Å²) in [4.78, 5) is 8.93. The zero-order chi connectivity index (χ0) is 16.6. The molecule has 0 amide bonds. The van der Waals surface area contributed by atoms with E-state index in [1.54, 1.807) is 20.3 Å². The van der Waals surface area contributed by atoms with Gasteiger partial charge in [-0.1, -0.05) is 0 Å². The topological polar surface area (TPSA) is 95.1 Å². The Balaban J connectivity index is 1.86. The summed E-state index contributed by atoms with van der Waals surface area (Å²) in [5.74, 6) is 0.745. The number of nitrogens with one attached hydrogen (secondary N) is 1. The molecule has 8 nitrogen and oxygen atoms in total. The SMILES string of the molecule is Cc1nc(-c2ccn[nH]2)cc(C2CCN(S(=O)(=O)N(C)C)C2)n1. The van der Waals surface area contributed by atoms with Crippen LogP contribution in [0.3, 0.4) is 0 Å². The van der Waals surface area contributed by atoms with Crippen molar-refractivity contribution in [1.29, 1.82) is 0 Å². The van der Waals surface area contributed by atoms with Crippen LogP contribution in [0.4, 0.5) is 0 Å². The van der Waals surface area contributed by atoms with Crippen molar-refractivity contribution in [2.45, 2.75) is 19.3 Å². The van der Waals surface area contributed by atoms with Gasteiger partial charge < -0.3 is 0 Å². The van der Waals surface area contributed by atoms with E-state index < -0.39 is 10.2 Å². The second-order valence-electron chi connectivity index (χ2n) is 5.83. The Hall–Kier alpha value is -1.84. The lowest BCUT2D eigenvalue weighted by atomic mass is 10.0. The van der Waals surface area contributed by atoms with Crippen molar-refractivity contribution in [2.75, 3.05) is 27.2 Å². The summed E-state index contributed by atoms with van der Waals surface area (Å²) in [6, 6.07) is 3.76. The minimum absolute atomic E-state index is 0.0769. The van der Waals surface area contributed by atoms with Crippen molar-refractivity contribution >= 4 is 10.2 Å². The molecule has 1 atom stereocenters. The third-order valence-corrected chi connectivity index (χ3v) is 5.90. The number of hydrogen-bond acceptors (Lipinski definition) is 5. The normalized spacial score (nSPS) is 19.6. The molecule has 23 heavy (non-hydrogen) atoms. The number of aromatic nitrogens is 4. The van der Waals surface area contributed by atoms with Crippen LogP contribution in [0.1, 0.15) is 23.9 Å². The van der Waals surface area contributed by atoms with Gasteiger partial charge in [-0.2, -0.15) is 22.1 Å². The van der Waals surface area contributed by atoms with Crippen LogP contribution in [0.5, 0.6) is 0 Å². The van der Waals surface area contributed by atoms with Crippen LogP contribution >= 0.6 is 0 Å². The maximum atomic E-state index is 12.2. The molecule has 0 spiro atoms. The smallest absolute Gasteiger partial charge is 0.276 e. The van der Waals surface area contributed by atoms with Crippen LogP contribution < -0.4 is 0 Å². The zero-order valence-corrected chi connectivity index (χ0v) is 14.2. The number of aromatic amines is 1. The summed E-state index contributed by atoms with van der Waals surface area (Å²) in [5.41, 5.74) is 2.48. The first-order valence-electron chi connectivity index (χ1n) is 7.41. The molecule has 124 valence electrons. The molecule has 3 rings (SSSR count). The van der Waals surface area contributed by atoms with Crippen LogP contribution in [0.2, 0.25) is 0 Å². The van der Waals surface area contributed by atoms with Crippen LogP contribution in [0, 0.1) is 6.92 Å². The molecular formula is C14H20N6O2S. The van der Waals surface area contributed by atoms with E-state index in [1.807, 2.05) is 19.1 Å². The molecule has 1 fully saturated rings. The van der Waals surface area contributed by atoms with Gasteiger partial charge in [0.25, 0.3) is 10.2 Å². The van der Waals surface area contributed by atoms with E-state index in [1.165, 1.54) is 8.61 Å². The molecule has 0 saturated carbocycles. The summed E-state index contributed by atoms with van der Waals surface area (Å²) in [5, 5.41) is 6.83. The fourth-order valence-electron chi connectivity index (χ4n) is 2.75. The van der Waals surface area contributed by atoms with Gasteiger partial charge in [0.15, 0.2) is 0 Å². The van der Waals surface area contributed by atoms with Crippen LogP contribution in [-0.4, -0.2) is 64.4 Å². The molecule has 1 aliphatic heterocycles. The Morgan fingerprint density at radius 1 is 1.35 bits per heavy atom. The van der Waals surface area contributed by atoms with Crippen molar-refractivity contribution in [3.05, 3.63) is 29.8 Å². The summed E-state index contributed by atoms with van der Waals surface area (Å²) < 4.78 is 27.2. The summed E-state index contributed by atoms with van der Waals surface area (Å²) in [6.07, 6.45) is 2.43. The lowest BCUT2D eigenvalue weighted by Gasteiger charge is -2.20. The van der Waals surface area contributed by atoms with E-state index in [0.29, 0.717) is 18.9 Å². The van der Waals surface area contributed by atoms with E-state index in [4.69, 9.17) is 0 Å². The van der Waals surface area contributed by atoms with Gasteiger partial charge in [0.1, 0.15) is 5.82 Å². The van der Waals surface area contributed by atoms with E-state index in [9.17, 15) is 8.42 Å². The van der Waals surface area contributed by atoms with Crippen LogP contribution in [0.15, 0.2) is 18.3 Å². The highest BCUT2D eigenvalue weighted by Crippen LogP contribution is 2.29. The molecule has 0 radical (unpaired) electrons. The first-order chi connectivity index (χ1) is 10.9. The second kappa shape index (κ2) is 5.99. The highest BCUT2D eigenvalue weighted by Gasteiger charge is 2.34. The fraction of sp³-hybridized carbons (Fsp3) is 0.500. The largest absolute Gasteiger partial charge is 0.281 e. The van der Waals surface area contributed by atoms with E-state index >= 15 is 0 Å². The predicted octanol–water partition coefficient (Wildman–Crippen LogP) is 0.771. The summed E-state index contributed by atoms with van der Waals surface area (Å²) >= 11 is 0.